The van der Waals surface area contributed by atoms with Crippen molar-refractivity contribution in [1.29, 1.82) is 0 Å². The molecule has 1 amide bonds. The monoisotopic (exact) mass is 449 g/mol. The van der Waals surface area contributed by atoms with E-state index in [-0.39, 0.29) is 11.5 Å². The van der Waals surface area contributed by atoms with Crippen molar-refractivity contribution in [3.63, 3.8) is 0 Å². The minimum atomic E-state index is 0.115. The second-order valence-corrected chi connectivity index (χ2v) is 10.1. The molecule has 6 heteroatoms. The van der Waals surface area contributed by atoms with Gasteiger partial charge in [-0.1, -0.05) is 43.5 Å². The molecule has 3 aromatic rings. The third-order valence-corrected chi connectivity index (χ3v) is 8.01. The molecule has 1 saturated carbocycles. The average Bonchev–Trinajstić information content (AvgIpc) is 3.38. The van der Waals surface area contributed by atoms with Crippen LogP contribution in [0.15, 0.2) is 46.6 Å². The van der Waals surface area contributed by atoms with E-state index < -0.39 is 0 Å². The van der Waals surface area contributed by atoms with Crippen LogP contribution in [0.3, 0.4) is 0 Å². The van der Waals surface area contributed by atoms with Crippen LogP contribution in [0.2, 0.25) is 0 Å². The number of hydrogen-bond acceptors (Lipinski definition) is 4. The fourth-order valence-electron chi connectivity index (χ4n) is 5.43. The van der Waals surface area contributed by atoms with E-state index in [0.717, 1.165) is 46.7 Å². The molecule has 0 unspecified atom stereocenters. The van der Waals surface area contributed by atoms with Crippen molar-refractivity contribution in [2.24, 2.45) is 5.92 Å². The molecule has 0 atom stereocenters. The normalized spacial score (nSPS) is 17.8. The van der Waals surface area contributed by atoms with Gasteiger partial charge in [0.05, 0.1) is 16.1 Å². The molecule has 1 saturated heterocycles. The molecule has 1 aliphatic heterocycles. The molecule has 2 aromatic heterocycles. The highest BCUT2D eigenvalue weighted by atomic mass is 32.1. The van der Waals surface area contributed by atoms with Crippen molar-refractivity contribution in [2.75, 3.05) is 31.1 Å². The maximum atomic E-state index is 13.5. The Morgan fingerprint density at radius 2 is 1.75 bits per heavy atom. The number of nitrogens with zero attached hydrogens (tertiary/aromatic N) is 3. The summed E-state index contributed by atoms with van der Waals surface area (Å²) in [5.74, 6) is 0.714. The number of carbonyl (C=O) groups is 1. The molecule has 0 radical (unpaired) electrons. The van der Waals surface area contributed by atoms with Gasteiger partial charge < -0.3 is 14.4 Å². The van der Waals surface area contributed by atoms with E-state index in [9.17, 15) is 9.59 Å². The summed E-state index contributed by atoms with van der Waals surface area (Å²) in [6.45, 7) is 5.64. The molecule has 3 heterocycles. The molecular formula is C26H31N3O2S. The van der Waals surface area contributed by atoms with Crippen LogP contribution < -0.4 is 10.5 Å². The number of anilines is 1. The summed E-state index contributed by atoms with van der Waals surface area (Å²) in [4.78, 5) is 31.3. The predicted molar refractivity (Wildman–Crippen MR) is 132 cm³/mol. The van der Waals surface area contributed by atoms with Crippen LogP contribution in [-0.4, -0.2) is 41.6 Å². The van der Waals surface area contributed by atoms with Gasteiger partial charge in [-0.15, -0.1) is 11.3 Å². The quantitative estimate of drug-likeness (QED) is 0.568. The van der Waals surface area contributed by atoms with Gasteiger partial charge in [0.25, 0.3) is 11.5 Å². The van der Waals surface area contributed by atoms with Gasteiger partial charge in [0.1, 0.15) is 0 Å². The first-order valence-corrected chi connectivity index (χ1v) is 12.7. The number of rotatable bonds is 4. The van der Waals surface area contributed by atoms with Gasteiger partial charge in [-0.3, -0.25) is 9.59 Å². The number of pyridine rings is 1. The Kier molecular flexibility index (Phi) is 6.05. The second-order valence-electron chi connectivity index (χ2n) is 9.17. The third kappa shape index (κ3) is 3.96. The summed E-state index contributed by atoms with van der Waals surface area (Å²) >= 11 is 1.49. The summed E-state index contributed by atoms with van der Waals surface area (Å²) in [6, 6.07) is 12.2. The summed E-state index contributed by atoms with van der Waals surface area (Å²) in [7, 11) is 0. The first-order valence-electron chi connectivity index (χ1n) is 11.8. The van der Waals surface area contributed by atoms with Crippen molar-refractivity contribution < 1.29 is 4.79 Å². The van der Waals surface area contributed by atoms with Gasteiger partial charge in [-0.05, 0) is 43.2 Å². The van der Waals surface area contributed by atoms with Crippen LogP contribution in [0.5, 0.6) is 0 Å². The van der Waals surface area contributed by atoms with Crippen molar-refractivity contribution in [3.8, 4) is 0 Å². The van der Waals surface area contributed by atoms with E-state index in [1.54, 1.807) is 0 Å². The molecule has 5 rings (SSSR count). The molecule has 0 bridgehead atoms. The van der Waals surface area contributed by atoms with Gasteiger partial charge >= 0.3 is 0 Å². The van der Waals surface area contributed by atoms with E-state index in [4.69, 9.17) is 0 Å². The standard InChI is InChI=1S/C26H31N3O2S/c1-19-24(27-13-15-28(16-14-27)26(31)23-12-7-17-32-23)21-10-5-6-11-22(21)29(25(19)30)18-20-8-3-2-4-9-20/h5-7,10-12,17,20H,2-4,8-9,13-16,18H2,1H3. The summed E-state index contributed by atoms with van der Waals surface area (Å²) in [6.07, 6.45) is 6.33. The molecule has 168 valence electrons. The van der Waals surface area contributed by atoms with Crippen molar-refractivity contribution in [3.05, 3.63) is 62.6 Å². The Hall–Kier alpha value is -2.60. The highest BCUT2D eigenvalue weighted by Gasteiger charge is 2.26. The van der Waals surface area contributed by atoms with E-state index in [1.165, 1.54) is 43.4 Å². The van der Waals surface area contributed by atoms with Crippen molar-refractivity contribution in [1.82, 2.24) is 9.47 Å². The lowest BCUT2D eigenvalue weighted by Crippen LogP contribution is -2.49. The largest absolute Gasteiger partial charge is 0.367 e. The lowest BCUT2D eigenvalue weighted by molar-refractivity contribution is 0.0751. The van der Waals surface area contributed by atoms with Crippen LogP contribution in [0.1, 0.15) is 47.3 Å². The van der Waals surface area contributed by atoms with Gasteiger partial charge in [0.15, 0.2) is 0 Å². The SMILES string of the molecule is Cc1c(N2CCN(C(=O)c3cccs3)CC2)c2ccccc2n(CC2CCCCC2)c1=O. The molecule has 32 heavy (non-hydrogen) atoms. The van der Waals surface area contributed by atoms with E-state index in [2.05, 4.69) is 23.1 Å². The predicted octanol–water partition coefficient (Wildman–Crippen LogP) is 4.91. The summed E-state index contributed by atoms with van der Waals surface area (Å²) in [5.41, 5.74) is 3.06. The van der Waals surface area contributed by atoms with Gasteiger partial charge in [-0.25, -0.2) is 0 Å². The number of thiophene rings is 1. The van der Waals surface area contributed by atoms with Crippen LogP contribution in [0, 0.1) is 12.8 Å². The van der Waals surface area contributed by atoms with E-state index in [1.807, 2.05) is 40.0 Å². The Morgan fingerprint density at radius 3 is 2.47 bits per heavy atom. The molecule has 0 spiro atoms. The number of hydrogen-bond donors (Lipinski definition) is 0. The number of carbonyl (C=O) groups excluding carboxylic acids is 1. The van der Waals surface area contributed by atoms with Crippen LogP contribution in [0.25, 0.3) is 10.9 Å². The van der Waals surface area contributed by atoms with E-state index >= 15 is 0 Å². The zero-order valence-corrected chi connectivity index (χ0v) is 19.6. The molecule has 5 nitrogen and oxygen atoms in total. The molecule has 1 aliphatic carbocycles. The number of piperazine rings is 1. The average molecular weight is 450 g/mol. The zero-order valence-electron chi connectivity index (χ0n) is 18.8. The maximum absolute atomic E-state index is 13.5. The Morgan fingerprint density at radius 1 is 1.00 bits per heavy atom. The van der Waals surface area contributed by atoms with Crippen LogP contribution >= 0.6 is 11.3 Å². The van der Waals surface area contributed by atoms with Gasteiger partial charge in [0, 0.05) is 43.7 Å². The third-order valence-electron chi connectivity index (χ3n) is 7.15. The Balaban J connectivity index is 1.44. The highest BCUT2D eigenvalue weighted by molar-refractivity contribution is 7.12. The number of para-hydroxylation sites is 1. The molecule has 0 N–H and O–H groups in total. The van der Waals surface area contributed by atoms with Crippen molar-refractivity contribution >= 4 is 33.8 Å². The second kappa shape index (κ2) is 9.10. The lowest BCUT2D eigenvalue weighted by Gasteiger charge is -2.37. The fourth-order valence-corrected chi connectivity index (χ4v) is 6.12. The number of amides is 1. The highest BCUT2D eigenvalue weighted by Crippen LogP contribution is 2.31. The fraction of sp³-hybridized carbons (Fsp3) is 0.462. The van der Waals surface area contributed by atoms with Crippen LogP contribution in [-0.2, 0) is 6.54 Å². The molecule has 1 aromatic carbocycles. The number of aromatic nitrogens is 1. The summed E-state index contributed by atoms with van der Waals surface area (Å²) in [5, 5.41) is 3.10. The smallest absolute Gasteiger partial charge is 0.264 e. The Bertz CT molecular complexity index is 1150. The zero-order chi connectivity index (χ0) is 22.1. The lowest BCUT2D eigenvalue weighted by atomic mass is 9.89. The molecule has 2 fully saturated rings. The molecular weight excluding hydrogens is 418 g/mol. The van der Waals surface area contributed by atoms with Crippen molar-refractivity contribution in [2.45, 2.75) is 45.6 Å². The summed E-state index contributed by atoms with van der Waals surface area (Å²) < 4.78 is 2.03. The molecule has 2 aliphatic rings. The maximum Gasteiger partial charge on any atom is 0.264 e. The Labute approximate surface area is 193 Å². The van der Waals surface area contributed by atoms with E-state index in [0.29, 0.717) is 19.0 Å². The topological polar surface area (TPSA) is 45.5 Å². The van der Waals surface area contributed by atoms with Crippen LogP contribution in [0.4, 0.5) is 5.69 Å². The van der Waals surface area contributed by atoms with Gasteiger partial charge in [0.2, 0.25) is 0 Å². The minimum absolute atomic E-state index is 0.115. The number of benzene rings is 1. The first-order chi connectivity index (χ1) is 15.6. The van der Waals surface area contributed by atoms with Gasteiger partial charge in [-0.2, -0.15) is 0 Å². The minimum Gasteiger partial charge on any atom is -0.367 e. The first kappa shape index (κ1) is 21.3. The number of fused-ring (bicyclic) bond motifs is 1.